The quantitative estimate of drug-likeness (QED) is 0.755. The highest BCUT2D eigenvalue weighted by Gasteiger charge is 2.40. The van der Waals surface area contributed by atoms with Crippen molar-refractivity contribution in [2.75, 3.05) is 19.6 Å². The number of aliphatic hydroxyl groups excluding tert-OH is 1. The van der Waals surface area contributed by atoms with Gasteiger partial charge >= 0.3 is 0 Å². The van der Waals surface area contributed by atoms with Crippen molar-refractivity contribution in [1.82, 2.24) is 15.5 Å². The normalized spacial score (nSPS) is 26.8. The Kier molecular flexibility index (Phi) is 4.42. The van der Waals surface area contributed by atoms with Crippen LogP contribution in [0, 0.1) is 6.92 Å². The van der Waals surface area contributed by atoms with E-state index in [9.17, 15) is 14.7 Å². The Morgan fingerprint density at radius 2 is 2.19 bits per heavy atom. The average Bonchev–Trinajstić information content (AvgIpc) is 3.16. The number of nitrogens with one attached hydrogen (secondary N) is 2. The van der Waals surface area contributed by atoms with Crippen molar-refractivity contribution in [3.8, 4) is 0 Å². The van der Waals surface area contributed by atoms with Gasteiger partial charge in [0.2, 0.25) is 5.91 Å². The monoisotopic (exact) mass is 357 g/mol. The Hall–Kier alpha value is -2.38. The van der Waals surface area contributed by atoms with Crippen molar-refractivity contribution in [2.45, 2.75) is 38.0 Å². The molecule has 1 aromatic heterocycles. The average molecular weight is 357 g/mol. The molecule has 2 aromatic rings. The van der Waals surface area contributed by atoms with Gasteiger partial charge < -0.3 is 20.2 Å². The van der Waals surface area contributed by atoms with E-state index < -0.39 is 6.10 Å². The van der Waals surface area contributed by atoms with E-state index in [1.54, 1.807) is 18.2 Å². The molecule has 26 heavy (non-hydrogen) atoms. The van der Waals surface area contributed by atoms with E-state index in [1.807, 2.05) is 17.9 Å². The van der Waals surface area contributed by atoms with Gasteiger partial charge in [0.15, 0.2) is 0 Å². The van der Waals surface area contributed by atoms with Gasteiger partial charge in [0, 0.05) is 30.1 Å². The summed E-state index contributed by atoms with van der Waals surface area (Å²) in [7, 11) is 0. The summed E-state index contributed by atoms with van der Waals surface area (Å²) in [5, 5.41) is 17.3. The van der Waals surface area contributed by atoms with Gasteiger partial charge in [-0.3, -0.25) is 14.5 Å². The summed E-state index contributed by atoms with van der Waals surface area (Å²) in [5.41, 5.74) is 1.30. The summed E-state index contributed by atoms with van der Waals surface area (Å²) in [6.07, 6.45) is 0.784. The van der Waals surface area contributed by atoms with Gasteiger partial charge in [-0.25, -0.2) is 0 Å². The van der Waals surface area contributed by atoms with Crippen LogP contribution in [-0.2, 0) is 4.79 Å². The highest BCUT2D eigenvalue weighted by molar-refractivity contribution is 5.98. The number of benzene rings is 1. The minimum Gasteiger partial charge on any atom is -0.461 e. The number of hydrogen-bond donors (Lipinski definition) is 3. The van der Waals surface area contributed by atoms with Crippen LogP contribution in [0.2, 0.25) is 0 Å². The number of rotatable bonds is 3. The fraction of sp³-hybridized carbons (Fsp3) is 0.474. The smallest absolute Gasteiger partial charge is 0.251 e. The molecular weight excluding hydrogens is 334 g/mol. The van der Waals surface area contributed by atoms with Crippen molar-refractivity contribution in [1.29, 1.82) is 0 Å². The molecule has 2 heterocycles. The second-order valence-electron chi connectivity index (χ2n) is 7.15. The van der Waals surface area contributed by atoms with Crippen LogP contribution < -0.4 is 10.6 Å². The summed E-state index contributed by atoms with van der Waals surface area (Å²) >= 11 is 0. The molecule has 4 rings (SSSR count). The molecule has 0 spiro atoms. The van der Waals surface area contributed by atoms with Gasteiger partial charge in [0.05, 0.1) is 18.7 Å². The summed E-state index contributed by atoms with van der Waals surface area (Å²) in [4.78, 5) is 26.2. The molecule has 1 aliphatic heterocycles. The Morgan fingerprint density at radius 1 is 1.35 bits per heavy atom. The van der Waals surface area contributed by atoms with Crippen molar-refractivity contribution in [3.63, 3.8) is 0 Å². The predicted molar refractivity (Wildman–Crippen MR) is 95.8 cm³/mol. The molecule has 0 bridgehead atoms. The van der Waals surface area contributed by atoms with Crippen LogP contribution in [0.5, 0.6) is 0 Å². The molecule has 7 nitrogen and oxygen atoms in total. The molecule has 3 atom stereocenters. The highest BCUT2D eigenvalue weighted by Crippen LogP contribution is 2.26. The van der Waals surface area contributed by atoms with Crippen LogP contribution in [0.4, 0.5) is 0 Å². The third kappa shape index (κ3) is 3.20. The van der Waals surface area contributed by atoms with Gasteiger partial charge in [-0.2, -0.15) is 0 Å². The van der Waals surface area contributed by atoms with Crippen LogP contribution in [0.25, 0.3) is 11.0 Å². The lowest BCUT2D eigenvalue weighted by atomic mass is 10.1. The van der Waals surface area contributed by atoms with Gasteiger partial charge in [-0.15, -0.1) is 0 Å². The summed E-state index contributed by atoms with van der Waals surface area (Å²) < 4.78 is 5.53. The lowest BCUT2D eigenvalue weighted by Gasteiger charge is -2.34. The second-order valence-corrected chi connectivity index (χ2v) is 7.15. The summed E-state index contributed by atoms with van der Waals surface area (Å²) in [6.45, 7) is 3.50. The first-order valence-corrected chi connectivity index (χ1v) is 9.01. The maximum absolute atomic E-state index is 12.6. The maximum atomic E-state index is 12.6. The molecule has 0 unspecified atom stereocenters. The van der Waals surface area contributed by atoms with Gasteiger partial charge in [0.1, 0.15) is 11.3 Å². The molecule has 2 amide bonds. The number of fused-ring (bicyclic) bond motifs is 1. The first kappa shape index (κ1) is 17.1. The number of hydrogen-bond acceptors (Lipinski definition) is 5. The van der Waals surface area contributed by atoms with Crippen molar-refractivity contribution in [2.24, 2.45) is 0 Å². The Morgan fingerprint density at radius 3 is 3.00 bits per heavy atom. The standard InChI is InChI=1S/C19H23N3O4/c1-11-8-13-9-12(2-5-16(13)26-11)19(25)21-14-3-4-15(18(14)24)22-7-6-20-17(23)10-22/h2,5,8-9,14-15,18,24H,3-4,6-7,10H2,1H3,(H,20,23)(H,21,25)/t14-,15-,18-/m1/s1. The van der Waals surface area contributed by atoms with E-state index in [4.69, 9.17) is 4.42 Å². The maximum Gasteiger partial charge on any atom is 0.251 e. The number of carbonyl (C=O) groups excluding carboxylic acids is 2. The zero-order valence-electron chi connectivity index (χ0n) is 14.7. The number of piperazine rings is 1. The fourth-order valence-corrected chi connectivity index (χ4v) is 4.03. The van der Waals surface area contributed by atoms with Crippen LogP contribution in [0.3, 0.4) is 0 Å². The van der Waals surface area contributed by atoms with E-state index in [2.05, 4.69) is 10.6 Å². The van der Waals surface area contributed by atoms with Gasteiger partial charge in [-0.1, -0.05) is 0 Å². The minimum absolute atomic E-state index is 0.0142. The number of furan rings is 1. The second kappa shape index (κ2) is 6.74. The van der Waals surface area contributed by atoms with Gasteiger partial charge in [-0.05, 0) is 44.0 Å². The number of aliphatic hydroxyl groups is 1. The predicted octanol–water partition coefficient (Wildman–Crippen LogP) is 0.795. The molecule has 7 heteroatoms. The van der Waals surface area contributed by atoms with E-state index in [0.717, 1.165) is 29.7 Å². The number of aryl methyl sites for hydroxylation is 1. The summed E-state index contributed by atoms with van der Waals surface area (Å²) in [6, 6.07) is 6.82. The van der Waals surface area contributed by atoms with E-state index in [0.29, 0.717) is 25.1 Å². The van der Waals surface area contributed by atoms with Gasteiger partial charge in [0.25, 0.3) is 5.91 Å². The Labute approximate surface area is 151 Å². The van der Waals surface area contributed by atoms with Crippen LogP contribution in [0.1, 0.15) is 29.0 Å². The van der Waals surface area contributed by atoms with Crippen molar-refractivity contribution in [3.05, 3.63) is 35.6 Å². The van der Waals surface area contributed by atoms with E-state index in [1.165, 1.54) is 0 Å². The summed E-state index contributed by atoms with van der Waals surface area (Å²) in [5.74, 6) is 0.587. The topological polar surface area (TPSA) is 94.8 Å². The lowest BCUT2D eigenvalue weighted by Crippen LogP contribution is -2.55. The zero-order chi connectivity index (χ0) is 18.3. The van der Waals surface area contributed by atoms with Crippen molar-refractivity contribution < 1.29 is 19.1 Å². The van der Waals surface area contributed by atoms with Crippen molar-refractivity contribution >= 4 is 22.8 Å². The Balaban J connectivity index is 1.43. The molecule has 2 fully saturated rings. The Bertz CT molecular complexity index is 846. The van der Waals surface area contributed by atoms with E-state index in [-0.39, 0.29) is 23.9 Å². The SMILES string of the molecule is Cc1cc2cc(C(=O)N[C@@H]3CC[C@@H](N4CCNC(=O)C4)[C@@H]3O)ccc2o1. The molecule has 138 valence electrons. The lowest BCUT2D eigenvalue weighted by molar-refractivity contribution is -0.125. The zero-order valence-corrected chi connectivity index (χ0v) is 14.7. The molecule has 1 saturated carbocycles. The molecule has 1 aliphatic carbocycles. The molecule has 0 radical (unpaired) electrons. The number of amides is 2. The highest BCUT2D eigenvalue weighted by atomic mass is 16.3. The molecular formula is C19H23N3O4. The minimum atomic E-state index is -0.676. The molecule has 1 aromatic carbocycles. The molecule has 2 aliphatic rings. The largest absolute Gasteiger partial charge is 0.461 e. The van der Waals surface area contributed by atoms with Crippen LogP contribution in [-0.4, -0.2) is 59.6 Å². The third-order valence-electron chi connectivity index (χ3n) is 5.33. The van der Waals surface area contributed by atoms with Crippen LogP contribution >= 0.6 is 0 Å². The molecule has 1 saturated heterocycles. The fourth-order valence-electron chi connectivity index (χ4n) is 4.03. The first-order chi connectivity index (χ1) is 12.5. The molecule has 3 N–H and O–H groups in total. The number of nitrogens with zero attached hydrogens (tertiary/aromatic N) is 1. The first-order valence-electron chi connectivity index (χ1n) is 9.01. The van der Waals surface area contributed by atoms with E-state index >= 15 is 0 Å². The third-order valence-corrected chi connectivity index (χ3v) is 5.33. The van der Waals surface area contributed by atoms with Crippen LogP contribution in [0.15, 0.2) is 28.7 Å². The number of carbonyl (C=O) groups is 2.